The second kappa shape index (κ2) is 22.8. The van der Waals surface area contributed by atoms with Gasteiger partial charge < -0.3 is 9.47 Å². The van der Waals surface area contributed by atoms with Crippen molar-refractivity contribution in [1.29, 1.82) is 0 Å². The molecule has 2 heteroatoms. The molecule has 0 N–H and O–H groups in total. The van der Waals surface area contributed by atoms with Crippen LogP contribution < -0.4 is 9.47 Å². The average Bonchev–Trinajstić information content (AvgIpc) is 3.31. The van der Waals surface area contributed by atoms with Crippen molar-refractivity contribution < 1.29 is 9.47 Å². The lowest BCUT2D eigenvalue weighted by molar-refractivity contribution is 0.481. The molecule has 8 rings (SSSR count). The highest BCUT2D eigenvalue weighted by molar-refractivity contribution is 5.44. The maximum atomic E-state index is 5.97. The van der Waals surface area contributed by atoms with E-state index in [9.17, 15) is 0 Å². The molecule has 0 fully saturated rings. The lowest BCUT2D eigenvalue weighted by Gasteiger charge is -2.26. The van der Waals surface area contributed by atoms with Gasteiger partial charge in [0, 0.05) is 5.41 Å². The van der Waals surface area contributed by atoms with Crippen LogP contribution in [0.1, 0.15) is 106 Å². The number of benzene rings is 8. The molecule has 0 bridgehead atoms. The highest BCUT2D eigenvalue weighted by Crippen LogP contribution is 2.35. The van der Waals surface area contributed by atoms with Gasteiger partial charge in [0.05, 0.1) is 0 Å². The summed E-state index contributed by atoms with van der Waals surface area (Å²) in [7, 11) is 0. The molecule has 0 aliphatic rings. The van der Waals surface area contributed by atoms with Crippen molar-refractivity contribution in [2.45, 2.75) is 100 Å². The van der Waals surface area contributed by atoms with Gasteiger partial charge in [0.2, 0.25) is 0 Å². The summed E-state index contributed by atoms with van der Waals surface area (Å²) in [4.78, 5) is 0. The Morgan fingerprint density at radius 1 is 0.323 bits per heavy atom. The van der Waals surface area contributed by atoms with Gasteiger partial charge in [0.25, 0.3) is 0 Å². The standard InChI is InChI=1S/C29H28O2.C19H24.C15H16/c1-21-5-13-25(14-6-21)30-27-17-9-23(10-18-27)29(3,4)24-11-19-28(20-12-24)31-26-15-7-22(2)8-16-26;1-5-18-12-16(9-7-14(18)3)11-17-10-8-15(4)19(6-2)13-17;1-12-3-7-14(8-4-12)11-15-9-5-13(2)6-10-15/h5-20H,1-4H3;7-10,12-13H,5-6,11H2,1-4H3;3-10H,11H2,1-2H3. The van der Waals surface area contributed by atoms with E-state index in [2.05, 4.69) is 203 Å². The Labute approximate surface area is 391 Å². The lowest BCUT2D eigenvalue weighted by Crippen LogP contribution is -2.18. The van der Waals surface area contributed by atoms with E-state index in [-0.39, 0.29) is 5.41 Å². The van der Waals surface area contributed by atoms with E-state index in [4.69, 9.17) is 9.47 Å². The zero-order valence-corrected chi connectivity index (χ0v) is 40.5. The minimum absolute atomic E-state index is 0.134. The first-order valence-electron chi connectivity index (χ1n) is 23.3. The Bertz CT molecular complexity index is 2500. The molecule has 0 aliphatic carbocycles. The lowest BCUT2D eigenvalue weighted by atomic mass is 9.78. The topological polar surface area (TPSA) is 18.5 Å². The predicted molar refractivity (Wildman–Crippen MR) is 277 cm³/mol. The maximum Gasteiger partial charge on any atom is 0.127 e. The second-order valence-corrected chi connectivity index (χ2v) is 18.1. The molecule has 8 aromatic carbocycles. The van der Waals surface area contributed by atoms with Crippen LogP contribution in [0.3, 0.4) is 0 Å². The van der Waals surface area contributed by atoms with Crippen molar-refractivity contribution in [3.8, 4) is 23.0 Å². The first-order chi connectivity index (χ1) is 31.3. The zero-order valence-electron chi connectivity index (χ0n) is 40.5. The van der Waals surface area contributed by atoms with E-state index < -0.39 is 0 Å². The predicted octanol–water partition coefficient (Wildman–Crippen LogP) is 17.1. The van der Waals surface area contributed by atoms with Crippen molar-refractivity contribution in [3.05, 3.63) is 260 Å². The molecule has 0 aliphatic heterocycles. The Balaban J connectivity index is 0.000000175. The monoisotopic (exact) mass is 857 g/mol. The van der Waals surface area contributed by atoms with Crippen LogP contribution in [0.5, 0.6) is 23.0 Å². The Morgan fingerprint density at radius 3 is 0.892 bits per heavy atom. The van der Waals surface area contributed by atoms with E-state index in [1.165, 1.54) is 77.9 Å². The Kier molecular flexibility index (Phi) is 16.8. The summed E-state index contributed by atoms with van der Waals surface area (Å²) < 4.78 is 11.9. The molecule has 0 radical (unpaired) electrons. The fraction of sp³-hybridized carbons (Fsp3) is 0.238. The molecule has 2 nitrogen and oxygen atoms in total. The van der Waals surface area contributed by atoms with Crippen LogP contribution in [0.25, 0.3) is 0 Å². The smallest absolute Gasteiger partial charge is 0.127 e. The second-order valence-electron chi connectivity index (χ2n) is 18.1. The van der Waals surface area contributed by atoms with Crippen molar-refractivity contribution in [1.82, 2.24) is 0 Å². The largest absolute Gasteiger partial charge is 0.457 e. The Hall–Kier alpha value is -6.64. The molecule has 0 saturated carbocycles. The first kappa shape index (κ1) is 47.8. The quantitative estimate of drug-likeness (QED) is 0.122. The van der Waals surface area contributed by atoms with Gasteiger partial charge in [0.15, 0.2) is 0 Å². The van der Waals surface area contributed by atoms with Gasteiger partial charge in [-0.3, -0.25) is 0 Å². The van der Waals surface area contributed by atoms with Gasteiger partial charge in [-0.25, -0.2) is 0 Å². The summed E-state index contributed by atoms with van der Waals surface area (Å²) in [5, 5.41) is 0. The third-order valence-corrected chi connectivity index (χ3v) is 12.3. The average molecular weight is 857 g/mol. The maximum absolute atomic E-state index is 5.97. The van der Waals surface area contributed by atoms with Gasteiger partial charge in [-0.1, -0.05) is 183 Å². The van der Waals surface area contributed by atoms with Crippen molar-refractivity contribution >= 4 is 0 Å². The summed E-state index contributed by atoms with van der Waals surface area (Å²) in [6.45, 7) is 21.7. The molecule has 0 aromatic heterocycles. The first-order valence-corrected chi connectivity index (χ1v) is 23.3. The van der Waals surface area contributed by atoms with Gasteiger partial charge in [0.1, 0.15) is 23.0 Å². The number of aryl methyl sites for hydroxylation is 8. The molecule has 0 amide bonds. The number of hydrogen-bond acceptors (Lipinski definition) is 2. The summed E-state index contributed by atoms with van der Waals surface area (Å²) in [6.07, 6.45) is 4.31. The fourth-order valence-electron chi connectivity index (χ4n) is 7.85. The van der Waals surface area contributed by atoms with Gasteiger partial charge >= 0.3 is 0 Å². The summed E-state index contributed by atoms with van der Waals surface area (Å²) >= 11 is 0. The molecule has 0 atom stereocenters. The van der Waals surface area contributed by atoms with E-state index in [0.717, 1.165) is 48.7 Å². The van der Waals surface area contributed by atoms with Crippen LogP contribution >= 0.6 is 0 Å². The van der Waals surface area contributed by atoms with E-state index in [1.807, 2.05) is 48.5 Å². The molecule has 0 spiro atoms. The number of rotatable bonds is 12. The van der Waals surface area contributed by atoms with Crippen LogP contribution in [0, 0.1) is 41.5 Å². The highest BCUT2D eigenvalue weighted by atomic mass is 16.5. The van der Waals surface area contributed by atoms with Crippen LogP contribution in [-0.4, -0.2) is 0 Å². The molecule has 8 aromatic rings. The van der Waals surface area contributed by atoms with Crippen LogP contribution in [-0.2, 0) is 31.1 Å². The SMILES string of the molecule is CCc1cc(Cc2ccc(C)c(CC)c2)ccc1C.Cc1ccc(Cc2ccc(C)cc2)cc1.Cc1ccc(Oc2ccc(C(C)(C)c3ccc(Oc4ccc(C)cc4)cc3)cc2)cc1. The highest BCUT2D eigenvalue weighted by Gasteiger charge is 2.23. The summed E-state index contributed by atoms with van der Waals surface area (Å²) in [5.41, 5.74) is 18.8. The van der Waals surface area contributed by atoms with Gasteiger partial charge in [-0.15, -0.1) is 0 Å². The molecule has 0 heterocycles. The van der Waals surface area contributed by atoms with Crippen molar-refractivity contribution in [2.75, 3.05) is 0 Å². The van der Waals surface area contributed by atoms with E-state index in [0.29, 0.717) is 0 Å². The van der Waals surface area contributed by atoms with E-state index >= 15 is 0 Å². The fourth-order valence-corrected chi connectivity index (χ4v) is 7.85. The van der Waals surface area contributed by atoms with Crippen LogP contribution in [0.2, 0.25) is 0 Å². The van der Waals surface area contributed by atoms with E-state index in [1.54, 1.807) is 0 Å². The Morgan fingerprint density at radius 2 is 0.585 bits per heavy atom. The van der Waals surface area contributed by atoms with Gasteiger partial charge in [-0.05, 0) is 171 Å². The molecule has 0 saturated heterocycles. The molecular weight excluding hydrogens is 789 g/mol. The van der Waals surface area contributed by atoms with Crippen molar-refractivity contribution in [3.63, 3.8) is 0 Å². The normalized spacial score (nSPS) is 10.9. The summed E-state index contributed by atoms with van der Waals surface area (Å²) in [6, 6.07) is 64.1. The molecule has 65 heavy (non-hydrogen) atoms. The third-order valence-electron chi connectivity index (χ3n) is 12.3. The van der Waals surface area contributed by atoms with Gasteiger partial charge in [-0.2, -0.15) is 0 Å². The van der Waals surface area contributed by atoms with Crippen molar-refractivity contribution in [2.24, 2.45) is 0 Å². The number of ether oxygens (including phenoxy) is 2. The number of hydrogen-bond donors (Lipinski definition) is 0. The zero-order chi connectivity index (χ0) is 46.3. The molecule has 332 valence electrons. The van der Waals surface area contributed by atoms with Crippen LogP contribution in [0.4, 0.5) is 0 Å². The minimum atomic E-state index is -0.134. The minimum Gasteiger partial charge on any atom is -0.457 e. The molecular formula is C63H68O2. The molecule has 0 unspecified atom stereocenters. The third kappa shape index (κ3) is 14.2. The van der Waals surface area contributed by atoms with Crippen LogP contribution in [0.15, 0.2) is 182 Å². The summed E-state index contributed by atoms with van der Waals surface area (Å²) in [5.74, 6) is 3.37.